The summed E-state index contributed by atoms with van der Waals surface area (Å²) < 4.78 is 5.72. The molecule has 3 heterocycles. The van der Waals surface area contributed by atoms with Crippen LogP contribution in [0.4, 0.5) is 0 Å². The number of carbonyl (C=O) groups excluding carboxylic acids is 1. The van der Waals surface area contributed by atoms with Crippen molar-refractivity contribution in [3.63, 3.8) is 0 Å². The highest BCUT2D eigenvalue weighted by atomic mass is 127. The molecule has 182 valence electrons. The first-order chi connectivity index (χ1) is 15.1. The van der Waals surface area contributed by atoms with E-state index in [-0.39, 0.29) is 42.0 Å². The van der Waals surface area contributed by atoms with Gasteiger partial charge in [-0.25, -0.2) is 0 Å². The molecule has 2 aliphatic heterocycles. The third-order valence-corrected chi connectivity index (χ3v) is 6.73. The number of nitrogens with one attached hydrogen (secondary N) is 1. The second-order valence-electron chi connectivity index (χ2n) is 8.41. The maximum Gasteiger partial charge on any atom is 0.239 e. The molecule has 0 radical (unpaired) electrons. The van der Waals surface area contributed by atoms with Crippen LogP contribution in [0.1, 0.15) is 45.4 Å². The van der Waals surface area contributed by atoms with E-state index in [1.54, 1.807) is 6.26 Å². The van der Waals surface area contributed by atoms with Crippen molar-refractivity contribution in [3.05, 3.63) is 24.2 Å². The Kier molecular flexibility index (Phi) is 11.3. The number of aliphatic imine (C=N–C) groups is 1. The Morgan fingerprint density at radius 3 is 2.31 bits per heavy atom. The second kappa shape index (κ2) is 13.4. The first-order valence-electron chi connectivity index (χ1n) is 11.8. The Bertz CT molecular complexity index is 695. The Labute approximate surface area is 210 Å². The highest BCUT2D eigenvalue weighted by Crippen LogP contribution is 2.20. The second-order valence-corrected chi connectivity index (χ2v) is 8.41. The van der Waals surface area contributed by atoms with Crippen molar-refractivity contribution >= 4 is 35.8 Å². The number of amides is 1. The molecular formula is C23H41IN6O2. The van der Waals surface area contributed by atoms with Crippen molar-refractivity contribution in [1.29, 1.82) is 0 Å². The zero-order valence-electron chi connectivity index (χ0n) is 20.1. The highest BCUT2D eigenvalue weighted by molar-refractivity contribution is 14.0. The van der Waals surface area contributed by atoms with Crippen LogP contribution in [0, 0.1) is 0 Å². The summed E-state index contributed by atoms with van der Waals surface area (Å²) in [6.45, 7) is 14.4. The largest absolute Gasteiger partial charge is 0.468 e. The maximum absolute atomic E-state index is 12.7. The topological polar surface area (TPSA) is 67.6 Å². The molecule has 2 fully saturated rings. The van der Waals surface area contributed by atoms with Crippen LogP contribution >= 0.6 is 24.0 Å². The number of guanidine groups is 1. The number of hydrogen-bond donors (Lipinski definition) is 1. The van der Waals surface area contributed by atoms with Gasteiger partial charge in [0.15, 0.2) is 5.96 Å². The summed E-state index contributed by atoms with van der Waals surface area (Å²) in [5.74, 6) is 2.18. The van der Waals surface area contributed by atoms with E-state index in [9.17, 15) is 4.79 Å². The summed E-state index contributed by atoms with van der Waals surface area (Å²) in [7, 11) is 1.84. The summed E-state index contributed by atoms with van der Waals surface area (Å²) in [6, 6.07) is 4.12. The van der Waals surface area contributed by atoms with Crippen molar-refractivity contribution in [3.8, 4) is 0 Å². The lowest BCUT2D eigenvalue weighted by Crippen LogP contribution is -2.57. The molecule has 3 rings (SSSR count). The molecule has 0 saturated carbocycles. The minimum absolute atomic E-state index is 0. The molecule has 0 aromatic carbocycles. The molecule has 1 aromatic rings. The Morgan fingerprint density at radius 2 is 1.78 bits per heavy atom. The Morgan fingerprint density at radius 1 is 1.12 bits per heavy atom. The molecule has 1 aromatic heterocycles. The van der Waals surface area contributed by atoms with Crippen molar-refractivity contribution in [2.75, 3.05) is 66.0 Å². The molecule has 0 bridgehead atoms. The van der Waals surface area contributed by atoms with Gasteiger partial charge in [0, 0.05) is 52.9 Å². The number of hydrogen-bond acceptors (Lipinski definition) is 5. The molecule has 1 N–H and O–H groups in total. The summed E-state index contributed by atoms with van der Waals surface area (Å²) in [4.78, 5) is 26.3. The molecule has 2 atom stereocenters. The van der Waals surface area contributed by atoms with E-state index in [1.807, 2.05) is 24.1 Å². The number of likely N-dealkylation sites (tertiary alicyclic amines) is 1. The molecule has 2 aliphatic rings. The lowest BCUT2D eigenvalue weighted by molar-refractivity contribution is -0.135. The fraction of sp³-hybridized carbons (Fsp3) is 0.739. The number of piperazine rings is 1. The lowest BCUT2D eigenvalue weighted by Gasteiger charge is -2.40. The van der Waals surface area contributed by atoms with Gasteiger partial charge in [0.25, 0.3) is 0 Å². The maximum atomic E-state index is 12.7. The zero-order chi connectivity index (χ0) is 22.2. The molecule has 9 heteroatoms. The van der Waals surface area contributed by atoms with Gasteiger partial charge < -0.3 is 19.5 Å². The fourth-order valence-corrected chi connectivity index (χ4v) is 4.75. The lowest BCUT2D eigenvalue weighted by atomic mass is 10.2. The standard InChI is InChI=1S/C23H40N6O2.HI/c1-5-26(6-2)20(21-10-9-17-31-21)18-25-23(24-4)29-15-13-27(14-16-29)19(3)22(30)28-11-7-8-12-28;/h9-10,17,19-20H,5-8,11-16,18H2,1-4H3,(H,24,25);1H. The highest BCUT2D eigenvalue weighted by Gasteiger charge is 2.31. The Hall–Kier alpha value is -1.33. The zero-order valence-corrected chi connectivity index (χ0v) is 22.5. The average Bonchev–Trinajstić information content (AvgIpc) is 3.53. The fourth-order valence-electron chi connectivity index (χ4n) is 4.75. The van der Waals surface area contributed by atoms with Gasteiger partial charge in [-0.3, -0.25) is 19.6 Å². The quantitative estimate of drug-likeness (QED) is 0.300. The first kappa shape index (κ1) is 26.9. The molecular weight excluding hydrogens is 519 g/mol. The van der Waals surface area contributed by atoms with E-state index in [0.29, 0.717) is 0 Å². The molecule has 8 nitrogen and oxygen atoms in total. The Balaban J connectivity index is 0.00000363. The molecule has 32 heavy (non-hydrogen) atoms. The minimum atomic E-state index is -0.0405. The summed E-state index contributed by atoms with van der Waals surface area (Å²) in [6.07, 6.45) is 4.02. The van der Waals surface area contributed by atoms with Crippen molar-refractivity contribution in [1.82, 2.24) is 24.9 Å². The van der Waals surface area contributed by atoms with Gasteiger partial charge in [0.1, 0.15) is 5.76 Å². The van der Waals surface area contributed by atoms with Gasteiger partial charge in [-0.15, -0.1) is 24.0 Å². The van der Waals surface area contributed by atoms with Gasteiger partial charge in [-0.1, -0.05) is 13.8 Å². The summed E-state index contributed by atoms with van der Waals surface area (Å²) in [5, 5.41) is 3.57. The number of rotatable bonds is 8. The third kappa shape index (κ3) is 6.60. The van der Waals surface area contributed by atoms with Gasteiger partial charge in [-0.2, -0.15) is 0 Å². The van der Waals surface area contributed by atoms with E-state index in [2.05, 4.69) is 45.8 Å². The van der Waals surface area contributed by atoms with Crippen molar-refractivity contribution in [2.45, 2.75) is 45.7 Å². The SMILES string of the molecule is CCN(CC)C(CNC(=NC)N1CCN(C(C)C(=O)N2CCCC2)CC1)c1ccco1.I. The number of likely N-dealkylation sites (N-methyl/N-ethyl adjacent to an activating group) is 1. The molecule has 0 spiro atoms. The smallest absolute Gasteiger partial charge is 0.239 e. The van der Waals surface area contributed by atoms with E-state index in [1.165, 1.54) is 0 Å². The summed E-state index contributed by atoms with van der Waals surface area (Å²) >= 11 is 0. The van der Waals surface area contributed by atoms with E-state index in [4.69, 9.17) is 4.42 Å². The van der Waals surface area contributed by atoms with Gasteiger partial charge in [-0.05, 0) is 45.0 Å². The van der Waals surface area contributed by atoms with Crippen molar-refractivity contribution in [2.24, 2.45) is 4.99 Å². The number of carbonyl (C=O) groups is 1. The molecule has 2 unspecified atom stereocenters. The normalized spacial score (nSPS) is 19.7. The van der Waals surface area contributed by atoms with E-state index < -0.39 is 0 Å². The minimum Gasteiger partial charge on any atom is -0.468 e. The first-order valence-corrected chi connectivity index (χ1v) is 11.8. The van der Waals surface area contributed by atoms with E-state index >= 15 is 0 Å². The van der Waals surface area contributed by atoms with Gasteiger partial charge in [0.05, 0.1) is 18.3 Å². The molecule has 1 amide bonds. The van der Waals surface area contributed by atoms with Crippen LogP contribution in [0.15, 0.2) is 27.8 Å². The van der Waals surface area contributed by atoms with Crippen LogP contribution in [0.5, 0.6) is 0 Å². The number of nitrogens with zero attached hydrogens (tertiary/aromatic N) is 5. The molecule has 2 saturated heterocycles. The summed E-state index contributed by atoms with van der Waals surface area (Å²) in [5.41, 5.74) is 0. The average molecular weight is 561 g/mol. The third-order valence-electron chi connectivity index (χ3n) is 6.73. The van der Waals surface area contributed by atoms with Crippen LogP contribution in [0.3, 0.4) is 0 Å². The van der Waals surface area contributed by atoms with Gasteiger partial charge in [0.2, 0.25) is 5.91 Å². The number of furan rings is 1. The monoisotopic (exact) mass is 560 g/mol. The van der Waals surface area contributed by atoms with Crippen LogP contribution in [-0.2, 0) is 4.79 Å². The van der Waals surface area contributed by atoms with Crippen LogP contribution in [-0.4, -0.2) is 103 Å². The van der Waals surface area contributed by atoms with Crippen LogP contribution in [0.2, 0.25) is 0 Å². The number of halogens is 1. The van der Waals surface area contributed by atoms with Gasteiger partial charge >= 0.3 is 0 Å². The van der Waals surface area contributed by atoms with E-state index in [0.717, 1.165) is 83.5 Å². The molecule has 0 aliphatic carbocycles. The predicted octanol–water partition coefficient (Wildman–Crippen LogP) is 2.48. The predicted molar refractivity (Wildman–Crippen MR) is 140 cm³/mol. The van der Waals surface area contributed by atoms with Crippen LogP contribution in [0.25, 0.3) is 0 Å². The van der Waals surface area contributed by atoms with Crippen molar-refractivity contribution < 1.29 is 9.21 Å². The van der Waals surface area contributed by atoms with Crippen LogP contribution < -0.4 is 5.32 Å².